The van der Waals surface area contributed by atoms with Gasteiger partial charge in [-0.25, -0.2) is 0 Å². The van der Waals surface area contributed by atoms with E-state index in [0.29, 0.717) is 12.1 Å². The molecule has 0 radical (unpaired) electrons. The summed E-state index contributed by atoms with van der Waals surface area (Å²) in [6, 6.07) is 3.76. The molecule has 1 aromatic rings. The van der Waals surface area contributed by atoms with Gasteiger partial charge in [-0.1, -0.05) is 18.6 Å². The van der Waals surface area contributed by atoms with Crippen LogP contribution >= 0.6 is 11.3 Å². The molecule has 0 aromatic carbocycles. The van der Waals surface area contributed by atoms with Gasteiger partial charge in [-0.05, 0) is 38.3 Å². The zero-order valence-electron chi connectivity index (χ0n) is 14.5. The molecule has 0 saturated carbocycles. The van der Waals surface area contributed by atoms with E-state index in [1.54, 1.807) is 26.4 Å². The highest BCUT2D eigenvalue weighted by Gasteiger charge is 2.22. The van der Waals surface area contributed by atoms with Crippen molar-refractivity contribution in [3.63, 3.8) is 0 Å². The van der Waals surface area contributed by atoms with Crippen LogP contribution in [0.1, 0.15) is 54.1 Å². The summed E-state index contributed by atoms with van der Waals surface area (Å²) in [7, 11) is 1.69. The number of carbonyl (C=O) groups is 2. The molecule has 0 fully saturated rings. The van der Waals surface area contributed by atoms with Crippen LogP contribution < -0.4 is 0 Å². The van der Waals surface area contributed by atoms with Gasteiger partial charge in [0.2, 0.25) is 0 Å². The number of nitrogens with zero attached hydrogens (tertiary/aromatic N) is 2. The van der Waals surface area contributed by atoms with Crippen molar-refractivity contribution < 1.29 is 9.59 Å². The number of hydrogen-bond donors (Lipinski definition) is 0. The van der Waals surface area contributed by atoms with Crippen molar-refractivity contribution >= 4 is 34.8 Å². The fourth-order valence-corrected chi connectivity index (χ4v) is 3.50. The van der Waals surface area contributed by atoms with Crippen LogP contribution in [0.3, 0.4) is 0 Å². The predicted molar refractivity (Wildman–Crippen MR) is 101 cm³/mol. The first-order chi connectivity index (χ1) is 11.4. The Kier molecular flexibility index (Phi) is 6.15. The van der Waals surface area contributed by atoms with Gasteiger partial charge in [-0.2, -0.15) is 0 Å². The van der Waals surface area contributed by atoms with Crippen LogP contribution in [0.15, 0.2) is 45.5 Å². The summed E-state index contributed by atoms with van der Waals surface area (Å²) in [4.78, 5) is 34.4. The minimum atomic E-state index is 0.000995. The lowest BCUT2D eigenvalue weighted by molar-refractivity contribution is -0.113. The fourth-order valence-electron chi connectivity index (χ4n) is 2.54. The molecule has 0 bridgehead atoms. The van der Waals surface area contributed by atoms with Crippen LogP contribution in [0.2, 0.25) is 0 Å². The van der Waals surface area contributed by atoms with Crippen molar-refractivity contribution in [2.45, 2.75) is 39.5 Å². The second kappa shape index (κ2) is 8.11. The number of hydrogen-bond acceptors (Lipinski definition) is 5. The number of carbonyl (C=O) groups excluding carboxylic acids is 2. The number of ketones is 2. The topological polar surface area (TPSA) is 58.9 Å². The lowest BCUT2D eigenvalue weighted by atomic mass is 9.94. The van der Waals surface area contributed by atoms with E-state index < -0.39 is 0 Å². The number of aliphatic imine (C=N–C) groups is 2. The minimum Gasteiger partial charge on any atom is -0.296 e. The van der Waals surface area contributed by atoms with Gasteiger partial charge < -0.3 is 0 Å². The standard InChI is InChI=1S/C19H22N2O2S/c1-12-6-5-9-21-19(15(12)11-20-4)16(23)10-13(2)17-7-8-18(24-17)14(3)22/h5,7-9,11,13H,6,10H2,1-4H3. The molecule has 4 nitrogen and oxygen atoms in total. The second-order valence-corrected chi connectivity index (χ2v) is 7.05. The van der Waals surface area contributed by atoms with Crippen molar-refractivity contribution in [1.29, 1.82) is 0 Å². The summed E-state index contributed by atoms with van der Waals surface area (Å²) in [5.74, 6) is 0.106. The van der Waals surface area contributed by atoms with Gasteiger partial charge in [0.25, 0.3) is 0 Å². The molecule has 1 aliphatic heterocycles. The molecule has 24 heavy (non-hydrogen) atoms. The van der Waals surface area contributed by atoms with Crippen molar-refractivity contribution in [2.24, 2.45) is 9.98 Å². The summed E-state index contributed by atoms with van der Waals surface area (Å²) >= 11 is 1.46. The average Bonchev–Trinajstić information content (AvgIpc) is 2.96. The first-order valence-electron chi connectivity index (χ1n) is 7.93. The van der Waals surface area contributed by atoms with E-state index >= 15 is 0 Å². The van der Waals surface area contributed by atoms with Crippen molar-refractivity contribution in [3.05, 3.63) is 45.3 Å². The Bertz CT molecular complexity index is 766. The van der Waals surface area contributed by atoms with Gasteiger partial charge in [0.05, 0.1) is 4.88 Å². The van der Waals surface area contributed by atoms with E-state index in [4.69, 9.17) is 0 Å². The summed E-state index contributed by atoms with van der Waals surface area (Å²) in [6.45, 7) is 5.56. The molecule has 1 aliphatic rings. The molecule has 5 heteroatoms. The maximum absolute atomic E-state index is 12.8. The average molecular weight is 342 g/mol. The predicted octanol–water partition coefficient (Wildman–Crippen LogP) is 4.39. The number of rotatable bonds is 6. The monoisotopic (exact) mass is 342 g/mol. The SMILES string of the molecule is CN=CC1=C(C)CC=CN=C1C(=O)CC(C)c1ccc(C(C)=O)s1. The number of thiophene rings is 1. The molecular weight excluding hydrogens is 320 g/mol. The Balaban J connectivity index is 2.20. The molecule has 1 aromatic heterocycles. The summed E-state index contributed by atoms with van der Waals surface area (Å²) in [5.41, 5.74) is 2.38. The van der Waals surface area contributed by atoms with Gasteiger partial charge in [0.15, 0.2) is 11.6 Å². The zero-order valence-corrected chi connectivity index (χ0v) is 15.3. The Hall–Kier alpha value is -2.14. The van der Waals surface area contributed by atoms with Gasteiger partial charge in [0, 0.05) is 36.3 Å². The molecule has 2 heterocycles. The van der Waals surface area contributed by atoms with Gasteiger partial charge in [-0.3, -0.25) is 19.6 Å². The summed E-state index contributed by atoms with van der Waals surface area (Å²) < 4.78 is 0. The van der Waals surface area contributed by atoms with E-state index in [1.807, 2.05) is 32.1 Å². The van der Waals surface area contributed by atoms with Gasteiger partial charge >= 0.3 is 0 Å². The van der Waals surface area contributed by atoms with Crippen LogP contribution in [0.5, 0.6) is 0 Å². The third-order valence-electron chi connectivity index (χ3n) is 3.92. The molecule has 1 atom stereocenters. The fraction of sp³-hybridized carbons (Fsp3) is 0.368. The Labute approximate surface area is 146 Å². The van der Waals surface area contributed by atoms with E-state index in [0.717, 1.165) is 27.3 Å². The highest BCUT2D eigenvalue weighted by molar-refractivity contribution is 7.14. The third kappa shape index (κ3) is 4.23. The maximum Gasteiger partial charge on any atom is 0.182 e. The molecule has 0 spiro atoms. The molecule has 0 amide bonds. The highest BCUT2D eigenvalue weighted by Crippen LogP contribution is 2.28. The largest absolute Gasteiger partial charge is 0.296 e. The van der Waals surface area contributed by atoms with E-state index in [9.17, 15) is 9.59 Å². The number of Topliss-reactive ketones (excluding diaryl/α,β-unsaturated/α-hetero) is 2. The molecule has 0 N–H and O–H groups in total. The van der Waals surface area contributed by atoms with Gasteiger partial charge in [0.1, 0.15) is 5.71 Å². The summed E-state index contributed by atoms with van der Waals surface area (Å²) in [5, 5.41) is 0. The smallest absolute Gasteiger partial charge is 0.182 e. The quantitative estimate of drug-likeness (QED) is 0.568. The first kappa shape index (κ1) is 18.2. The molecule has 0 saturated heterocycles. The van der Waals surface area contributed by atoms with E-state index in [2.05, 4.69) is 9.98 Å². The van der Waals surface area contributed by atoms with Crippen molar-refractivity contribution in [1.82, 2.24) is 0 Å². The third-order valence-corrected chi connectivity index (χ3v) is 5.34. The van der Waals surface area contributed by atoms with E-state index in [-0.39, 0.29) is 17.5 Å². The minimum absolute atomic E-state index is 0.000995. The van der Waals surface area contributed by atoms with Crippen LogP contribution in [-0.4, -0.2) is 30.5 Å². The van der Waals surface area contributed by atoms with Crippen LogP contribution in [-0.2, 0) is 4.79 Å². The molecule has 1 unspecified atom stereocenters. The first-order valence-corrected chi connectivity index (χ1v) is 8.74. The van der Waals surface area contributed by atoms with Crippen molar-refractivity contribution in [2.75, 3.05) is 7.05 Å². The highest BCUT2D eigenvalue weighted by atomic mass is 32.1. The number of allylic oxidation sites excluding steroid dienone is 3. The van der Waals surface area contributed by atoms with Crippen LogP contribution in [0.25, 0.3) is 0 Å². The van der Waals surface area contributed by atoms with Gasteiger partial charge in [-0.15, -0.1) is 11.3 Å². The normalized spacial score (nSPS) is 16.2. The van der Waals surface area contributed by atoms with Crippen molar-refractivity contribution in [3.8, 4) is 0 Å². The maximum atomic E-state index is 12.8. The lowest BCUT2D eigenvalue weighted by Gasteiger charge is -2.11. The summed E-state index contributed by atoms with van der Waals surface area (Å²) in [6.07, 6.45) is 6.48. The van der Waals surface area contributed by atoms with Crippen LogP contribution in [0, 0.1) is 0 Å². The van der Waals surface area contributed by atoms with E-state index in [1.165, 1.54) is 11.3 Å². The van der Waals surface area contributed by atoms with Crippen LogP contribution in [0.4, 0.5) is 0 Å². The lowest BCUT2D eigenvalue weighted by Crippen LogP contribution is -2.20. The Morgan fingerprint density at radius 1 is 1.42 bits per heavy atom. The molecular formula is C19H22N2O2S. The molecule has 0 aliphatic carbocycles. The Morgan fingerprint density at radius 2 is 2.17 bits per heavy atom. The Morgan fingerprint density at radius 3 is 2.79 bits per heavy atom. The molecule has 2 rings (SSSR count). The molecule has 126 valence electrons. The zero-order chi connectivity index (χ0) is 17.7. The second-order valence-electron chi connectivity index (χ2n) is 5.93.